The van der Waals surface area contributed by atoms with Crippen molar-refractivity contribution < 1.29 is 14.6 Å². The van der Waals surface area contributed by atoms with Crippen LogP contribution in [0.1, 0.15) is 6.92 Å². The van der Waals surface area contributed by atoms with Crippen molar-refractivity contribution in [2.75, 3.05) is 26.4 Å². The first-order chi connectivity index (χ1) is 8.85. The predicted molar refractivity (Wildman–Crippen MR) is 71.0 cm³/mol. The Morgan fingerprint density at radius 2 is 2.11 bits per heavy atom. The van der Waals surface area contributed by atoms with Gasteiger partial charge in [0.25, 0.3) is 0 Å². The van der Waals surface area contributed by atoms with Crippen LogP contribution in [-0.4, -0.2) is 36.1 Å². The van der Waals surface area contributed by atoms with Crippen LogP contribution in [0.3, 0.4) is 0 Å². The molecule has 4 nitrogen and oxygen atoms in total. The molecule has 0 radical (unpaired) electrons. The molecule has 0 aliphatic rings. The molecule has 0 atom stereocenters. The Labute approximate surface area is 107 Å². The summed E-state index contributed by atoms with van der Waals surface area (Å²) in [6.45, 7) is 4.53. The van der Waals surface area contributed by atoms with Crippen LogP contribution >= 0.6 is 0 Å². The molecule has 0 aliphatic heterocycles. The highest BCUT2D eigenvalue weighted by molar-refractivity contribution is 5.81. The zero-order valence-corrected chi connectivity index (χ0v) is 10.6. The van der Waals surface area contributed by atoms with Crippen LogP contribution in [0, 0.1) is 0 Å². The van der Waals surface area contributed by atoms with Crippen LogP contribution in [0.5, 0.6) is 5.75 Å². The lowest BCUT2D eigenvalue weighted by Crippen LogP contribution is -2.07. The fourth-order valence-electron chi connectivity index (χ4n) is 1.96. The van der Waals surface area contributed by atoms with E-state index in [9.17, 15) is 0 Å². The zero-order chi connectivity index (χ0) is 12.8. The van der Waals surface area contributed by atoms with Gasteiger partial charge in [0, 0.05) is 23.6 Å². The number of benzene rings is 1. The van der Waals surface area contributed by atoms with Crippen LogP contribution in [0.4, 0.5) is 0 Å². The van der Waals surface area contributed by atoms with Gasteiger partial charge in [0.2, 0.25) is 0 Å². The van der Waals surface area contributed by atoms with Crippen molar-refractivity contribution in [2.24, 2.45) is 0 Å². The monoisotopic (exact) mass is 249 g/mol. The van der Waals surface area contributed by atoms with E-state index in [1.165, 1.54) is 10.9 Å². The largest absolute Gasteiger partial charge is 0.494 e. The number of aromatic nitrogens is 1. The van der Waals surface area contributed by atoms with Crippen LogP contribution in [-0.2, 0) is 11.3 Å². The van der Waals surface area contributed by atoms with E-state index in [0.29, 0.717) is 19.8 Å². The molecule has 2 rings (SSSR count). The maximum absolute atomic E-state index is 8.63. The van der Waals surface area contributed by atoms with Crippen LogP contribution in [0.15, 0.2) is 30.5 Å². The van der Waals surface area contributed by atoms with Crippen molar-refractivity contribution in [1.82, 2.24) is 4.57 Å². The van der Waals surface area contributed by atoms with Gasteiger partial charge in [0.1, 0.15) is 5.75 Å². The first-order valence-electron chi connectivity index (χ1n) is 6.25. The molecule has 0 aliphatic carbocycles. The molecule has 1 heterocycles. The summed E-state index contributed by atoms with van der Waals surface area (Å²) >= 11 is 0. The summed E-state index contributed by atoms with van der Waals surface area (Å²) in [6, 6.07) is 8.16. The van der Waals surface area contributed by atoms with Crippen molar-refractivity contribution in [3.05, 3.63) is 30.5 Å². The Hall–Kier alpha value is -1.52. The molecule has 0 fully saturated rings. The van der Waals surface area contributed by atoms with Gasteiger partial charge in [0.05, 0.1) is 26.4 Å². The molecule has 0 saturated carbocycles. The summed E-state index contributed by atoms with van der Waals surface area (Å²) in [6.07, 6.45) is 2.04. The van der Waals surface area contributed by atoms with E-state index < -0.39 is 0 Å². The summed E-state index contributed by atoms with van der Waals surface area (Å²) in [7, 11) is 0. The lowest BCUT2D eigenvalue weighted by Gasteiger charge is -2.07. The summed E-state index contributed by atoms with van der Waals surface area (Å²) in [4.78, 5) is 0. The zero-order valence-electron chi connectivity index (χ0n) is 10.6. The third-order valence-electron chi connectivity index (χ3n) is 2.77. The fourth-order valence-corrected chi connectivity index (χ4v) is 1.96. The topological polar surface area (TPSA) is 43.6 Å². The van der Waals surface area contributed by atoms with Gasteiger partial charge in [-0.15, -0.1) is 0 Å². The van der Waals surface area contributed by atoms with Gasteiger partial charge in [-0.3, -0.25) is 0 Å². The minimum Gasteiger partial charge on any atom is -0.494 e. The highest BCUT2D eigenvalue weighted by atomic mass is 16.5. The van der Waals surface area contributed by atoms with Crippen LogP contribution < -0.4 is 4.74 Å². The van der Waals surface area contributed by atoms with E-state index in [1.54, 1.807) is 0 Å². The standard InChI is InChI=1S/C14H19NO3/c1-2-18-13-3-4-14-12(11-13)5-6-15(14)7-9-17-10-8-16/h3-6,11,16H,2,7-10H2,1H3. The van der Waals surface area contributed by atoms with Gasteiger partial charge in [0.15, 0.2) is 0 Å². The minimum absolute atomic E-state index is 0.0736. The highest BCUT2D eigenvalue weighted by Gasteiger charge is 2.02. The van der Waals surface area contributed by atoms with Crippen molar-refractivity contribution in [2.45, 2.75) is 13.5 Å². The molecule has 0 bridgehead atoms. The quantitative estimate of drug-likeness (QED) is 0.764. The van der Waals surface area contributed by atoms with Crippen molar-refractivity contribution >= 4 is 10.9 Å². The average Bonchev–Trinajstić information content (AvgIpc) is 2.78. The minimum atomic E-state index is 0.0736. The van der Waals surface area contributed by atoms with Crippen LogP contribution in [0.2, 0.25) is 0 Å². The van der Waals surface area contributed by atoms with Crippen molar-refractivity contribution in [3.8, 4) is 5.75 Å². The summed E-state index contributed by atoms with van der Waals surface area (Å²) in [5, 5.41) is 9.80. The first-order valence-corrected chi connectivity index (χ1v) is 6.25. The molecule has 1 aromatic carbocycles. The molecule has 98 valence electrons. The third-order valence-corrected chi connectivity index (χ3v) is 2.77. The molecule has 1 aromatic heterocycles. The molecular weight excluding hydrogens is 230 g/mol. The number of aliphatic hydroxyl groups excluding tert-OH is 1. The maximum Gasteiger partial charge on any atom is 0.120 e. The lowest BCUT2D eigenvalue weighted by molar-refractivity contribution is 0.0875. The Bertz CT molecular complexity index is 493. The van der Waals surface area contributed by atoms with Crippen molar-refractivity contribution in [1.29, 1.82) is 0 Å². The molecular formula is C14H19NO3. The van der Waals surface area contributed by atoms with E-state index in [4.69, 9.17) is 14.6 Å². The Kier molecular flexibility index (Phi) is 4.61. The van der Waals surface area contributed by atoms with Gasteiger partial charge in [-0.25, -0.2) is 0 Å². The summed E-state index contributed by atoms with van der Waals surface area (Å²) < 4.78 is 12.9. The molecule has 4 heteroatoms. The summed E-state index contributed by atoms with van der Waals surface area (Å²) in [5.41, 5.74) is 1.17. The van der Waals surface area contributed by atoms with E-state index in [-0.39, 0.29) is 6.61 Å². The molecule has 1 N–H and O–H groups in total. The number of rotatable bonds is 7. The molecule has 0 spiro atoms. The van der Waals surface area contributed by atoms with Gasteiger partial charge >= 0.3 is 0 Å². The van der Waals surface area contributed by atoms with Crippen LogP contribution in [0.25, 0.3) is 10.9 Å². The molecule has 0 unspecified atom stereocenters. The van der Waals surface area contributed by atoms with E-state index in [2.05, 4.69) is 16.7 Å². The van der Waals surface area contributed by atoms with Gasteiger partial charge in [-0.1, -0.05) is 0 Å². The van der Waals surface area contributed by atoms with E-state index in [0.717, 1.165) is 12.3 Å². The number of hydrogen-bond acceptors (Lipinski definition) is 3. The third kappa shape index (κ3) is 3.03. The lowest BCUT2D eigenvalue weighted by atomic mass is 10.2. The Morgan fingerprint density at radius 1 is 1.22 bits per heavy atom. The summed E-state index contributed by atoms with van der Waals surface area (Å²) in [5.74, 6) is 0.902. The fraction of sp³-hybridized carbons (Fsp3) is 0.429. The molecule has 0 amide bonds. The predicted octanol–water partition coefficient (Wildman–Crippen LogP) is 2.05. The van der Waals surface area contributed by atoms with E-state index >= 15 is 0 Å². The average molecular weight is 249 g/mol. The second-order valence-electron chi connectivity index (χ2n) is 4.00. The Morgan fingerprint density at radius 3 is 2.89 bits per heavy atom. The van der Waals surface area contributed by atoms with Gasteiger partial charge < -0.3 is 19.1 Å². The van der Waals surface area contributed by atoms with Gasteiger partial charge in [-0.2, -0.15) is 0 Å². The van der Waals surface area contributed by atoms with E-state index in [1.807, 2.05) is 25.3 Å². The molecule has 18 heavy (non-hydrogen) atoms. The number of ether oxygens (including phenoxy) is 2. The van der Waals surface area contributed by atoms with Crippen molar-refractivity contribution in [3.63, 3.8) is 0 Å². The second kappa shape index (κ2) is 6.42. The Balaban J connectivity index is 2.06. The maximum atomic E-state index is 8.63. The number of nitrogens with zero attached hydrogens (tertiary/aromatic N) is 1. The molecule has 2 aromatic rings. The smallest absolute Gasteiger partial charge is 0.120 e. The van der Waals surface area contributed by atoms with Gasteiger partial charge in [-0.05, 0) is 31.2 Å². The first kappa shape index (κ1) is 12.9. The second-order valence-corrected chi connectivity index (χ2v) is 4.00. The number of fused-ring (bicyclic) bond motifs is 1. The highest BCUT2D eigenvalue weighted by Crippen LogP contribution is 2.22. The number of hydrogen-bond donors (Lipinski definition) is 1. The normalized spacial score (nSPS) is 11.0. The SMILES string of the molecule is CCOc1ccc2c(ccn2CCOCCO)c1. The number of aliphatic hydroxyl groups is 1. The molecule has 0 saturated heterocycles.